The molecule has 66 valence electrons. The summed E-state index contributed by atoms with van der Waals surface area (Å²) >= 11 is 0. The Labute approximate surface area is 74.4 Å². The van der Waals surface area contributed by atoms with Crippen LogP contribution in [0.3, 0.4) is 0 Å². The van der Waals surface area contributed by atoms with Crippen molar-refractivity contribution in [1.29, 1.82) is 0 Å². The molecule has 1 aliphatic carbocycles. The van der Waals surface area contributed by atoms with Crippen molar-refractivity contribution in [2.24, 2.45) is 0 Å². The summed E-state index contributed by atoms with van der Waals surface area (Å²) in [4.78, 5) is 8.59. The smallest absolute Gasteiger partial charge is 0.202 e. The van der Waals surface area contributed by atoms with Gasteiger partial charge in [0.15, 0.2) is 5.52 Å². The molecule has 3 N–H and O–H groups in total. The number of nitrogen functional groups attached to an aromatic ring is 1. The number of hydrogen-bond acceptors (Lipinski definition) is 4. The Kier molecular flexibility index (Phi) is 1.15. The van der Waals surface area contributed by atoms with Crippen LogP contribution in [0.2, 0.25) is 0 Å². The van der Waals surface area contributed by atoms with Crippen LogP contribution in [0.15, 0.2) is 6.20 Å². The van der Waals surface area contributed by atoms with Gasteiger partial charge in [0.1, 0.15) is 5.82 Å². The van der Waals surface area contributed by atoms with Crippen LogP contribution in [-0.2, 0) is 0 Å². The van der Waals surface area contributed by atoms with E-state index in [2.05, 4.69) is 20.2 Å². The molecule has 2 aromatic heterocycles. The van der Waals surface area contributed by atoms with Crippen LogP contribution in [0.5, 0.6) is 0 Å². The Hall–Kier alpha value is -1.65. The highest BCUT2D eigenvalue weighted by Crippen LogP contribution is 2.38. The van der Waals surface area contributed by atoms with E-state index in [0.29, 0.717) is 22.9 Å². The van der Waals surface area contributed by atoms with Crippen molar-refractivity contribution in [2.45, 2.75) is 18.8 Å². The van der Waals surface area contributed by atoms with Crippen LogP contribution < -0.4 is 5.73 Å². The molecule has 5 nitrogen and oxygen atoms in total. The number of H-pyrrole nitrogens is 1. The minimum atomic E-state index is 0.491. The molecular weight excluding hydrogens is 166 g/mol. The molecule has 3 rings (SSSR count). The van der Waals surface area contributed by atoms with Crippen LogP contribution in [0.1, 0.15) is 24.5 Å². The molecule has 1 fully saturated rings. The number of anilines is 1. The first-order chi connectivity index (χ1) is 6.34. The second kappa shape index (κ2) is 2.18. The van der Waals surface area contributed by atoms with E-state index in [-0.39, 0.29) is 0 Å². The van der Waals surface area contributed by atoms with E-state index >= 15 is 0 Å². The minimum Gasteiger partial charge on any atom is -0.382 e. The summed E-state index contributed by atoms with van der Waals surface area (Å²) in [5.41, 5.74) is 7.94. The van der Waals surface area contributed by atoms with Crippen LogP contribution in [0, 0.1) is 0 Å². The molecule has 2 heterocycles. The van der Waals surface area contributed by atoms with E-state index in [0.717, 1.165) is 5.69 Å². The second-order valence-electron chi connectivity index (χ2n) is 3.38. The lowest BCUT2D eigenvalue weighted by Crippen LogP contribution is -1.90. The molecule has 13 heavy (non-hydrogen) atoms. The zero-order valence-corrected chi connectivity index (χ0v) is 6.99. The number of nitrogens with one attached hydrogen (secondary N) is 1. The Morgan fingerprint density at radius 3 is 3.08 bits per heavy atom. The highest BCUT2D eigenvalue weighted by Gasteiger charge is 2.25. The Balaban J connectivity index is 2.21. The van der Waals surface area contributed by atoms with Crippen molar-refractivity contribution in [3.63, 3.8) is 0 Å². The summed E-state index contributed by atoms with van der Waals surface area (Å²) < 4.78 is 0. The van der Waals surface area contributed by atoms with E-state index in [4.69, 9.17) is 5.73 Å². The summed E-state index contributed by atoms with van der Waals surface area (Å²) in [7, 11) is 0. The normalized spacial score (nSPS) is 16.6. The maximum Gasteiger partial charge on any atom is 0.202 e. The van der Waals surface area contributed by atoms with Crippen LogP contribution in [0.4, 0.5) is 5.82 Å². The van der Waals surface area contributed by atoms with Gasteiger partial charge >= 0.3 is 0 Å². The number of nitrogens with two attached hydrogens (primary N) is 1. The summed E-state index contributed by atoms with van der Waals surface area (Å²) in [5, 5.41) is 6.63. The van der Waals surface area contributed by atoms with Crippen molar-refractivity contribution in [3.8, 4) is 0 Å². The third-order valence-corrected chi connectivity index (χ3v) is 2.31. The van der Waals surface area contributed by atoms with Gasteiger partial charge in [0.2, 0.25) is 5.65 Å². The average molecular weight is 175 g/mol. The van der Waals surface area contributed by atoms with E-state index in [1.807, 2.05) is 0 Å². The fourth-order valence-electron chi connectivity index (χ4n) is 1.40. The Morgan fingerprint density at radius 2 is 2.31 bits per heavy atom. The van der Waals surface area contributed by atoms with Gasteiger partial charge in [-0.25, -0.2) is 9.97 Å². The molecule has 0 saturated heterocycles. The van der Waals surface area contributed by atoms with Gasteiger partial charge in [0.25, 0.3) is 0 Å². The van der Waals surface area contributed by atoms with Crippen LogP contribution in [-0.4, -0.2) is 20.2 Å². The van der Waals surface area contributed by atoms with E-state index in [1.165, 1.54) is 12.8 Å². The summed E-state index contributed by atoms with van der Waals surface area (Å²) in [6, 6.07) is 0. The minimum absolute atomic E-state index is 0.491. The lowest BCUT2D eigenvalue weighted by molar-refractivity contribution is 1.00. The predicted molar refractivity (Wildman–Crippen MR) is 48.1 cm³/mol. The summed E-state index contributed by atoms with van der Waals surface area (Å²) in [5.74, 6) is 1.10. The molecular formula is C8H9N5. The monoisotopic (exact) mass is 175 g/mol. The maximum absolute atomic E-state index is 5.60. The number of hydrogen-bond donors (Lipinski definition) is 2. The molecule has 5 heteroatoms. The largest absolute Gasteiger partial charge is 0.382 e. The first-order valence-electron chi connectivity index (χ1n) is 4.31. The Morgan fingerprint density at radius 1 is 1.46 bits per heavy atom. The molecule has 0 bridgehead atoms. The van der Waals surface area contributed by atoms with Crippen molar-refractivity contribution < 1.29 is 0 Å². The molecule has 0 radical (unpaired) electrons. The van der Waals surface area contributed by atoms with Gasteiger partial charge in [0.05, 0.1) is 5.69 Å². The molecule has 0 spiro atoms. The fourth-order valence-corrected chi connectivity index (χ4v) is 1.40. The van der Waals surface area contributed by atoms with Crippen molar-refractivity contribution >= 4 is 17.0 Å². The molecule has 1 saturated carbocycles. The number of aromatic amines is 1. The molecule has 0 aromatic carbocycles. The molecule has 0 atom stereocenters. The maximum atomic E-state index is 5.60. The van der Waals surface area contributed by atoms with Gasteiger partial charge in [-0.15, -0.1) is 0 Å². The van der Waals surface area contributed by atoms with Crippen molar-refractivity contribution in [1.82, 2.24) is 20.2 Å². The van der Waals surface area contributed by atoms with Gasteiger partial charge in [-0.2, -0.15) is 5.10 Å². The zero-order valence-electron chi connectivity index (χ0n) is 6.99. The van der Waals surface area contributed by atoms with Crippen LogP contribution >= 0.6 is 0 Å². The molecule has 0 aliphatic heterocycles. The van der Waals surface area contributed by atoms with Crippen molar-refractivity contribution in [2.75, 3.05) is 5.73 Å². The highest BCUT2D eigenvalue weighted by molar-refractivity contribution is 5.81. The Bertz CT molecular complexity index is 457. The van der Waals surface area contributed by atoms with Gasteiger partial charge in [-0.1, -0.05) is 0 Å². The topological polar surface area (TPSA) is 80.5 Å². The first kappa shape index (κ1) is 6.82. The quantitative estimate of drug-likeness (QED) is 0.672. The SMILES string of the molecule is Nc1[nH]nc2nc(C3CC3)cnc12. The fraction of sp³-hybridized carbons (Fsp3) is 0.375. The number of nitrogens with zero attached hydrogens (tertiary/aromatic N) is 3. The first-order valence-corrected chi connectivity index (χ1v) is 4.31. The molecule has 1 aliphatic rings. The summed E-state index contributed by atoms with van der Waals surface area (Å²) in [6.07, 6.45) is 4.24. The second-order valence-corrected chi connectivity index (χ2v) is 3.38. The van der Waals surface area contributed by atoms with E-state index < -0.39 is 0 Å². The number of rotatable bonds is 1. The molecule has 0 unspecified atom stereocenters. The van der Waals surface area contributed by atoms with Gasteiger partial charge in [0, 0.05) is 12.1 Å². The number of fused-ring (bicyclic) bond motifs is 1. The van der Waals surface area contributed by atoms with E-state index in [9.17, 15) is 0 Å². The van der Waals surface area contributed by atoms with Gasteiger partial charge in [-0.3, -0.25) is 5.10 Å². The lowest BCUT2D eigenvalue weighted by Gasteiger charge is -1.94. The lowest BCUT2D eigenvalue weighted by atomic mass is 10.3. The highest BCUT2D eigenvalue weighted by atomic mass is 15.2. The average Bonchev–Trinajstić information content (AvgIpc) is 2.93. The third kappa shape index (κ3) is 0.965. The number of aromatic nitrogens is 4. The third-order valence-electron chi connectivity index (χ3n) is 2.31. The van der Waals surface area contributed by atoms with Crippen molar-refractivity contribution in [3.05, 3.63) is 11.9 Å². The predicted octanol–water partition coefficient (Wildman–Crippen LogP) is 0.812. The zero-order chi connectivity index (χ0) is 8.84. The standard InChI is InChI=1S/C8H9N5/c9-7-6-8(13-12-7)11-5(3-10-6)4-1-2-4/h3-4H,1-2H2,(H3,9,11,12,13). The van der Waals surface area contributed by atoms with Crippen LogP contribution in [0.25, 0.3) is 11.2 Å². The van der Waals surface area contributed by atoms with E-state index in [1.54, 1.807) is 6.20 Å². The van der Waals surface area contributed by atoms with Gasteiger partial charge < -0.3 is 5.73 Å². The molecule has 0 amide bonds. The molecule has 2 aromatic rings. The van der Waals surface area contributed by atoms with Gasteiger partial charge in [-0.05, 0) is 12.8 Å². The summed E-state index contributed by atoms with van der Waals surface area (Å²) in [6.45, 7) is 0.